The summed E-state index contributed by atoms with van der Waals surface area (Å²) in [6.07, 6.45) is 1.62. The van der Waals surface area contributed by atoms with E-state index in [1.165, 1.54) is 9.58 Å². The number of aryl methyl sites for hydroxylation is 1. The Kier molecular flexibility index (Phi) is 3.17. The van der Waals surface area contributed by atoms with Gasteiger partial charge in [-0.25, -0.2) is 0 Å². The van der Waals surface area contributed by atoms with Crippen molar-refractivity contribution in [3.05, 3.63) is 11.2 Å². The molecular weight excluding hydrogens is 213 g/mol. The molecule has 0 radical (unpaired) electrons. The van der Waals surface area contributed by atoms with Crippen LogP contribution in [0.3, 0.4) is 0 Å². The minimum Gasteiger partial charge on any atom is -0.296 e. The normalized spacial score (nSPS) is 10.2. The minimum atomic E-state index is -0.234. The first-order valence-electron chi connectivity index (χ1n) is 3.58. The lowest BCUT2D eigenvalue weighted by atomic mass is 10.5. The van der Waals surface area contributed by atoms with Crippen LogP contribution in [0.4, 0.5) is 5.82 Å². The molecule has 0 aliphatic heterocycles. The van der Waals surface area contributed by atoms with E-state index in [1.54, 1.807) is 20.3 Å². The molecule has 0 saturated heterocycles. The molecule has 1 rings (SSSR count). The summed E-state index contributed by atoms with van der Waals surface area (Å²) >= 11 is 11.2. The van der Waals surface area contributed by atoms with Gasteiger partial charge in [-0.3, -0.25) is 14.4 Å². The van der Waals surface area contributed by atoms with E-state index in [9.17, 15) is 4.79 Å². The molecule has 0 fully saturated rings. The van der Waals surface area contributed by atoms with Crippen molar-refractivity contribution in [1.82, 2.24) is 9.78 Å². The van der Waals surface area contributed by atoms with Crippen LogP contribution in [0, 0.1) is 0 Å². The third-order valence-electron chi connectivity index (χ3n) is 1.57. The zero-order valence-corrected chi connectivity index (χ0v) is 8.80. The first-order chi connectivity index (χ1) is 6.06. The predicted octanol–water partition coefficient (Wildman–Crippen LogP) is 1.28. The summed E-state index contributed by atoms with van der Waals surface area (Å²) in [5.41, 5.74) is 0. The number of hydrogen-bond acceptors (Lipinski definition) is 2. The summed E-state index contributed by atoms with van der Waals surface area (Å²) in [5, 5.41) is 4.44. The lowest BCUT2D eigenvalue weighted by Gasteiger charge is -2.12. The highest BCUT2D eigenvalue weighted by Crippen LogP contribution is 2.22. The Balaban J connectivity index is 2.94. The zero-order chi connectivity index (χ0) is 10.0. The van der Waals surface area contributed by atoms with Crippen LogP contribution in [-0.4, -0.2) is 28.6 Å². The van der Waals surface area contributed by atoms with Gasteiger partial charge in [-0.05, 0) is 0 Å². The number of nitrogens with zero attached hydrogens (tertiary/aromatic N) is 3. The molecular formula is C7H9Cl2N3O. The van der Waals surface area contributed by atoms with Gasteiger partial charge < -0.3 is 0 Å². The second-order valence-corrected chi connectivity index (χ2v) is 3.24. The van der Waals surface area contributed by atoms with Crippen molar-refractivity contribution in [2.75, 3.05) is 17.8 Å². The van der Waals surface area contributed by atoms with Crippen LogP contribution in [0.5, 0.6) is 0 Å². The Bertz CT molecular complexity index is 324. The summed E-state index contributed by atoms with van der Waals surface area (Å²) in [5.74, 6) is 0.112. The predicted molar refractivity (Wildman–Crippen MR) is 52.3 cm³/mol. The molecule has 0 saturated carbocycles. The number of amides is 1. The molecule has 6 heteroatoms. The summed E-state index contributed by atoms with van der Waals surface area (Å²) < 4.78 is 1.54. The Morgan fingerprint density at radius 1 is 1.77 bits per heavy atom. The third-order valence-corrected chi connectivity index (χ3v) is 2.07. The van der Waals surface area contributed by atoms with Crippen molar-refractivity contribution in [2.24, 2.45) is 7.05 Å². The number of aromatic nitrogens is 2. The van der Waals surface area contributed by atoms with Gasteiger partial charge in [0.15, 0.2) is 5.82 Å². The number of alkyl halides is 1. The molecule has 0 spiro atoms. The second kappa shape index (κ2) is 3.98. The Labute approximate surface area is 86.0 Å². The Hall–Kier alpha value is -0.740. The van der Waals surface area contributed by atoms with Gasteiger partial charge in [0.1, 0.15) is 10.9 Å². The van der Waals surface area contributed by atoms with Crippen molar-refractivity contribution >= 4 is 34.9 Å². The van der Waals surface area contributed by atoms with E-state index in [-0.39, 0.29) is 11.8 Å². The SMILES string of the molecule is CN(C(=O)CCl)c1nn(C)cc1Cl. The fourth-order valence-electron chi connectivity index (χ4n) is 0.883. The van der Waals surface area contributed by atoms with Gasteiger partial charge in [0.25, 0.3) is 0 Å². The third kappa shape index (κ3) is 2.14. The highest BCUT2D eigenvalue weighted by molar-refractivity contribution is 6.34. The first-order valence-corrected chi connectivity index (χ1v) is 4.49. The number of rotatable bonds is 2. The molecule has 0 aromatic carbocycles. The highest BCUT2D eigenvalue weighted by atomic mass is 35.5. The van der Waals surface area contributed by atoms with Crippen LogP contribution in [0.25, 0.3) is 0 Å². The van der Waals surface area contributed by atoms with E-state index in [4.69, 9.17) is 23.2 Å². The number of carbonyl (C=O) groups excluding carboxylic acids is 1. The number of halogens is 2. The van der Waals surface area contributed by atoms with E-state index in [0.717, 1.165) is 0 Å². The molecule has 1 amide bonds. The number of hydrogen-bond donors (Lipinski definition) is 0. The van der Waals surface area contributed by atoms with Crippen LogP contribution >= 0.6 is 23.2 Å². The van der Waals surface area contributed by atoms with E-state index in [1.807, 2.05) is 0 Å². The van der Waals surface area contributed by atoms with Crippen LogP contribution in [0.1, 0.15) is 0 Å². The lowest BCUT2D eigenvalue weighted by molar-refractivity contribution is -0.116. The van der Waals surface area contributed by atoms with Crippen LogP contribution in [0.2, 0.25) is 5.02 Å². The summed E-state index contributed by atoms with van der Waals surface area (Å²) in [6, 6.07) is 0. The van der Waals surface area contributed by atoms with Gasteiger partial charge in [0.2, 0.25) is 5.91 Å². The fraction of sp³-hybridized carbons (Fsp3) is 0.429. The molecule has 0 bridgehead atoms. The minimum absolute atomic E-state index is 0.0800. The molecule has 4 nitrogen and oxygen atoms in total. The average Bonchev–Trinajstić information content (AvgIpc) is 2.42. The van der Waals surface area contributed by atoms with Gasteiger partial charge in [0.05, 0.1) is 0 Å². The van der Waals surface area contributed by atoms with Crippen molar-refractivity contribution in [1.29, 1.82) is 0 Å². The highest BCUT2D eigenvalue weighted by Gasteiger charge is 2.15. The quantitative estimate of drug-likeness (QED) is 0.707. The van der Waals surface area contributed by atoms with Crippen LogP contribution < -0.4 is 4.90 Å². The van der Waals surface area contributed by atoms with Crippen molar-refractivity contribution in [2.45, 2.75) is 0 Å². The average molecular weight is 222 g/mol. The summed E-state index contributed by atoms with van der Waals surface area (Å²) in [6.45, 7) is 0. The molecule has 0 atom stereocenters. The largest absolute Gasteiger partial charge is 0.296 e. The van der Waals surface area contributed by atoms with Gasteiger partial charge in [-0.2, -0.15) is 5.10 Å². The number of anilines is 1. The zero-order valence-electron chi connectivity index (χ0n) is 7.29. The van der Waals surface area contributed by atoms with E-state index >= 15 is 0 Å². The fourth-order valence-corrected chi connectivity index (χ4v) is 1.37. The van der Waals surface area contributed by atoms with Crippen LogP contribution in [-0.2, 0) is 11.8 Å². The molecule has 0 aliphatic rings. The van der Waals surface area contributed by atoms with Crippen molar-refractivity contribution < 1.29 is 4.79 Å². The molecule has 1 aromatic rings. The summed E-state index contributed by atoms with van der Waals surface area (Å²) in [7, 11) is 3.31. The molecule has 13 heavy (non-hydrogen) atoms. The van der Waals surface area contributed by atoms with E-state index in [0.29, 0.717) is 10.8 Å². The first kappa shape index (κ1) is 10.3. The molecule has 72 valence electrons. The second-order valence-electron chi connectivity index (χ2n) is 2.56. The molecule has 1 aromatic heterocycles. The lowest BCUT2D eigenvalue weighted by Crippen LogP contribution is -2.27. The van der Waals surface area contributed by atoms with Gasteiger partial charge in [-0.1, -0.05) is 11.6 Å². The topological polar surface area (TPSA) is 38.1 Å². The Morgan fingerprint density at radius 3 is 2.77 bits per heavy atom. The maximum absolute atomic E-state index is 11.2. The standard InChI is InChI=1S/C7H9Cl2N3O/c1-11-4-5(9)7(10-11)12(2)6(13)3-8/h4H,3H2,1-2H3. The van der Waals surface area contributed by atoms with Crippen molar-refractivity contribution in [3.8, 4) is 0 Å². The molecule has 1 heterocycles. The van der Waals surface area contributed by atoms with Gasteiger partial charge >= 0.3 is 0 Å². The van der Waals surface area contributed by atoms with E-state index in [2.05, 4.69) is 5.10 Å². The summed E-state index contributed by atoms with van der Waals surface area (Å²) in [4.78, 5) is 12.5. The van der Waals surface area contributed by atoms with Crippen LogP contribution in [0.15, 0.2) is 6.20 Å². The Morgan fingerprint density at radius 2 is 2.38 bits per heavy atom. The number of carbonyl (C=O) groups is 1. The van der Waals surface area contributed by atoms with E-state index < -0.39 is 0 Å². The monoisotopic (exact) mass is 221 g/mol. The molecule has 0 unspecified atom stereocenters. The molecule has 0 N–H and O–H groups in total. The van der Waals surface area contributed by atoms with Crippen molar-refractivity contribution in [3.63, 3.8) is 0 Å². The smallest absolute Gasteiger partial charge is 0.242 e. The van der Waals surface area contributed by atoms with Gasteiger partial charge in [0, 0.05) is 20.3 Å². The molecule has 0 aliphatic carbocycles. The van der Waals surface area contributed by atoms with Gasteiger partial charge in [-0.15, -0.1) is 11.6 Å². The maximum Gasteiger partial charge on any atom is 0.242 e. The maximum atomic E-state index is 11.2.